The molecule has 1 N–H and O–H groups in total. The fourth-order valence-electron chi connectivity index (χ4n) is 1.83. The number of rotatable bonds is 1. The lowest BCUT2D eigenvalue weighted by molar-refractivity contribution is 0.563. The van der Waals surface area contributed by atoms with Gasteiger partial charge in [0, 0.05) is 12.2 Å². The highest BCUT2D eigenvalue weighted by molar-refractivity contribution is 5.58. The minimum atomic E-state index is 0.457. The van der Waals surface area contributed by atoms with Crippen LogP contribution in [0.3, 0.4) is 0 Å². The van der Waals surface area contributed by atoms with Crippen molar-refractivity contribution in [2.45, 2.75) is 38.1 Å². The molecular formula is C10H16N2. The van der Waals surface area contributed by atoms with E-state index in [4.69, 9.17) is 0 Å². The highest BCUT2D eigenvalue weighted by atomic mass is 15.0. The molecule has 0 aromatic heterocycles. The van der Waals surface area contributed by atoms with Crippen molar-refractivity contribution in [1.82, 2.24) is 5.32 Å². The van der Waals surface area contributed by atoms with Crippen molar-refractivity contribution in [3.8, 4) is 0 Å². The maximum absolute atomic E-state index is 4.50. The third-order valence-electron chi connectivity index (χ3n) is 2.53. The predicted octanol–water partition coefficient (Wildman–Crippen LogP) is 1.88. The van der Waals surface area contributed by atoms with Crippen LogP contribution in [0.5, 0.6) is 0 Å². The van der Waals surface area contributed by atoms with Gasteiger partial charge in [-0.3, -0.25) is 4.99 Å². The summed E-state index contributed by atoms with van der Waals surface area (Å²) < 4.78 is 0. The molecule has 1 unspecified atom stereocenters. The zero-order chi connectivity index (χ0) is 8.23. The van der Waals surface area contributed by atoms with Crippen LogP contribution in [0, 0.1) is 0 Å². The van der Waals surface area contributed by atoms with Gasteiger partial charge in [0.15, 0.2) is 0 Å². The molecule has 2 rings (SSSR count). The molecule has 0 fully saturated rings. The van der Waals surface area contributed by atoms with Crippen molar-refractivity contribution in [1.29, 1.82) is 0 Å². The minimum absolute atomic E-state index is 0.457. The van der Waals surface area contributed by atoms with E-state index in [0.29, 0.717) is 6.04 Å². The van der Waals surface area contributed by atoms with E-state index in [-0.39, 0.29) is 0 Å². The minimum Gasteiger partial charge on any atom is -0.387 e. The van der Waals surface area contributed by atoms with E-state index < -0.39 is 0 Å². The van der Waals surface area contributed by atoms with Gasteiger partial charge >= 0.3 is 0 Å². The second-order valence-electron chi connectivity index (χ2n) is 3.51. The average molecular weight is 164 g/mol. The first-order chi connectivity index (χ1) is 5.97. The first-order valence-electron chi connectivity index (χ1n) is 4.92. The number of hydrogen-bond acceptors (Lipinski definition) is 2. The van der Waals surface area contributed by atoms with Gasteiger partial charge in [0.25, 0.3) is 0 Å². The van der Waals surface area contributed by atoms with E-state index in [9.17, 15) is 0 Å². The molecule has 0 aromatic carbocycles. The number of hydrogen-bond donors (Lipinski definition) is 1. The van der Waals surface area contributed by atoms with Crippen molar-refractivity contribution in [2.75, 3.05) is 6.54 Å². The van der Waals surface area contributed by atoms with Crippen LogP contribution in [-0.4, -0.2) is 18.8 Å². The average Bonchev–Trinajstić information content (AvgIpc) is 2.21. The van der Waals surface area contributed by atoms with Gasteiger partial charge in [-0.15, -0.1) is 0 Å². The number of nitrogens with zero attached hydrogens (tertiary/aromatic N) is 1. The first kappa shape index (κ1) is 7.84. The smallest absolute Gasteiger partial charge is 0.0887 e. The second kappa shape index (κ2) is 3.74. The molecule has 0 saturated carbocycles. The van der Waals surface area contributed by atoms with E-state index in [0.717, 1.165) is 6.54 Å². The number of aliphatic imine (C=N–C) groups is 1. The highest BCUT2D eigenvalue weighted by Crippen LogP contribution is 2.18. The Morgan fingerprint density at radius 2 is 2.33 bits per heavy atom. The van der Waals surface area contributed by atoms with Crippen LogP contribution in [-0.2, 0) is 0 Å². The zero-order valence-corrected chi connectivity index (χ0v) is 7.42. The van der Waals surface area contributed by atoms with Gasteiger partial charge in [0.1, 0.15) is 0 Å². The van der Waals surface area contributed by atoms with E-state index in [1.807, 2.05) is 0 Å². The summed E-state index contributed by atoms with van der Waals surface area (Å²) in [7, 11) is 0. The molecule has 0 aliphatic carbocycles. The summed E-state index contributed by atoms with van der Waals surface area (Å²) in [5, 5.41) is 3.44. The largest absolute Gasteiger partial charge is 0.387 e. The molecule has 2 aliphatic heterocycles. The molecule has 0 amide bonds. The Kier molecular flexibility index (Phi) is 2.45. The number of nitrogens with one attached hydrogen (secondary N) is 1. The molecule has 66 valence electrons. The number of allylic oxidation sites excluding steroid dienone is 1. The normalized spacial score (nSPS) is 29.3. The molecule has 2 heteroatoms. The maximum Gasteiger partial charge on any atom is 0.0887 e. The maximum atomic E-state index is 4.50. The van der Waals surface area contributed by atoms with Gasteiger partial charge in [0.05, 0.1) is 6.04 Å². The van der Waals surface area contributed by atoms with Crippen molar-refractivity contribution in [3.63, 3.8) is 0 Å². The Bertz CT molecular complexity index is 206. The van der Waals surface area contributed by atoms with Gasteiger partial charge in [0.2, 0.25) is 0 Å². The topological polar surface area (TPSA) is 24.4 Å². The molecule has 0 spiro atoms. The van der Waals surface area contributed by atoms with Crippen molar-refractivity contribution >= 4 is 6.21 Å². The Balaban J connectivity index is 2.01. The van der Waals surface area contributed by atoms with E-state index in [1.165, 1.54) is 37.8 Å². The quantitative estimate of drug-likeness (QED) is 0.628. The summed E-state index contributed by atoms with van der Waals surface area (Å²) in [4.78, 5) is 4.50. The third kappa shape index (κ3) is 1.68. The summed E-state index contributed by atoms with van der Waals surface area (Å²) in [6, 6.07) is 0.457. The predicted molar refractivity (Wildman–Crippen MR) is 51.5 cm³/mol. The van der Waals surface area contributed by atoms with Crippen LogP contribution < -0.4 is 5.32 Å². The van der Waals surface area contributed by atoms with Crippen LogP contribution in [0.1, 0.15) is 32.1 Å². The Labute approximate surface area is 73.8 Å². The van der Waals surface area contributed by atoms with Gasteiger partial charge in [-0.05, 0) is 38.3 Å². The SMILES string of the molecule is C1=NC(C2=CCCCN2)CCC1. The third-order valence-corrected chi connectivity index (χ3v) is 2.53. The summed E-state index contributed by atoms with van der Waals surface area (Å²) >= 11 is 0. The summed E-state index contributed by atoms with van der Waals surface area (Å²) in [5.74, 6) is 0. The summed E-state index contributed by atoms with van der Waals surface area (Å²) in [6.45, 7) is 1.14. The fourth-order valence-corrected chi connectivity index (χ4v) is 1.83. The monoisotopic (exact) mass is 164 g/mol. The molecule has 1 atom stereocenters. The van der Waals surface area contributed by atoms with Gasteiger partial charge < -0.3 is 5.32 Å². The van der Waals surface area contributed by atoms with Gasteiger partial charge in [-0.1, -0.05) is 6.08 Å². The standard InChI is InChI=1S/C10H16N2/c1-3-7-11-9(5-1)10-6-2-4-8-12-10/h5,8,10-11H,1-4,6-7H2. The molecule has 0 aromatic rings. The molecule has 12 heavy (non-hydrogen) atoms. The van der Waals surface area contributed by atoms with Crippen molar-refractivity contribution in [2.24, 2.45) is 4.99 Å². The Hall–Kier alpha value is -0.790. The van der Waals surface area contributed by atoms with Crippen LogP contribution >= 0.6 is 0 Å². The molecule has 2 nitrogen and oxygen atoms in total. The summed E-state index contributed by atoms with van der Waals surface area (Å²) in [6.07, 6.45) is 10.6. The highest BCUT2D eigenvalue weighted by Gasteiger charge is 2.15. The molecule has 2 heterocycles. The van der Waals surface area contributed by atoms with Crippen LogP contribution in [0.25, 0.3) is 0 Å². The first-order valence-corrected chi connectivity index (χ1v) is 4.92. The van der Waals surface area contributed by atoms with Gasteiger partial charge in [-0.2, -0.15) is 0 Å². The zero-order valence-electron chi connectivity index (χ0n) is 7.42. The summed E-state index contributed by atoms with van der Waals surface area (Å²) in [5.41, 5.74) is 1.37. The Morgan fingerprint density at radius 3 is 3.00 bits per heavy atom. The van der Waals surface area contributed by atoms with Crippen LogP contribution in [0.4, 0.5) is 0 Å². The molecule has 0 saturated heterocycles. The molecule has 0 bridgehead atoms. The van der Waals surface area contributed by atoms with E-state index in [1.54, 1.807) is 0 Å². The van der Waals surface area contributed by atoms with Gasteiger partial charge in [-0.25, -0.2) is 0 Å². The second-order valence-corrected chi connectivity index (χ2v) is 3.51. The van der Waals surface area contributed by atoms with Crippen LogP contribution in [0.2, 0.25) is 0 Å². The fraction of sp³-hybridized carbons (Fsp3) is 0.700. The lowest BCUT2D eigenvalue weighted by Crippen LogP contribution is -2.28. The van der Waals surface area contributed by atoms with E-state index in [2.05, 4.69) is 22.6 Å². The molecule has 2 aliphatic rings. The van der Waals surface area contributed by atoms with Crippen LogP contribution in [0.15, 0.2) is 16.8 Å². The Morgan fingerprint density at radius 1 is 1.33 bits per heavy atom. The molecule has 0 radical (unpaired) electrons. The molecular weight excluding hydrogens is 148 g/mol. The lowest BCUT2D eigenvalue weighted by Gasteiger charge is -2.23. The lowest BCUT2D eigenvalue weighted by atomic mass is 10.0. The van der Waals surface area contributed by atoms with Crippen molar-refractivity contribution in [3.05, 3.63) is 11.8 Å². The van der Waals surface area contributed by atoms with Crippen molar-refractivity contribution < 1.29 is 0 Å². The van der Waals surface area contributed by atoms with E-state index >= 15 is 0 Å².